The lowest BCUT2D eigenvalue weighted by Crippen LogP contribution is -2.52. The summed E-state index contributed by atoms with van der Waals surface area (Å²) in [6.45, 7) is 6.72. The fourth-order valence-electron chi connectivity index (χ4n) is 3.05. The van der Waals surface area contributed by atoms with E-state index in [-0.39, 0.29) is 18.4 Å². The van der Waals surface area contributed by atoms with Gasteiger partial charge in [0, 0.05) is 33.1 Å². The summed E-state index contributed by atoms with van der Waals surface area (Å²) in [5, 5.41) is 0. The minimum atomic E-state index is -3.60. The minimum absolute atomic E-state index is 0.0135. The highest BCUT2D eigenvalue weighted by molar-refractivity contribution is 7.92. The summed E-state index contributed by atoms with van der Waals surface area (Å²) in [6, 6.07) is 5.52. The molecule has 2 amide bonds. The fourth-order valence-corrected chi connectivity index (χ4v) is 4.02. The van der Waals surface area contributed by atoms with Crippen molar-refractivity contribution in [1.82, 2.24) is 9.80 Å². The zero-order chi connectivity index (χ0) is 18.8. The van der Waals surface area contributed by atoms with Crippen molar-refractivity contribution >= 4 is 27.5 Å². The van der Waals surface area contributed by atoms with Gasteiger partial charge in [-0.25, -0.2) is 8.42 Å². The number of piperazine rings is 1. The van der Waals surface area contributed by atoms with Crippen LogP contribution in [0.2, 0.25) is 0 Å². The van der Waals surface area contributed by atoms with Gasteiger partial charge in [0.05, 0.1) is 11.9 Å². The van der Waals surface area contributed by atoms with Crippen LogP contribution in [-0.2, 0) is 19.6 Å². The first-order valence-corrected chi connectivity index (χ1v) is 10.0. The molecule has 25 heavy (non-hydrogen) atoms. The van der Waals surface area contributed by atoms with E-state index in [1.165, 1.54) is 11.2 Å². The van der Waals surface area contributed by atoms with Crippen LogP contribution in [-0.4, -0.2) is 69.0 Å². The molecule has 0 saturated carbocycles. The highest BCUT2D eigenvalue weighted by Gasteiger charge is 2.28. The Bertz CT molecular complexity index is 748. The van der Waals surface area contributed by atoms with Gasteiger partial charge < -0.3 is 9.80 Å². The molecule has 0 unspecified atom stereocenters. The third-order valence-corrected chi connectivity index (χ3v) is 5.56. The second-order valence-corrected chi connectivity index (χ2v) is 8.30. The highest BCUT2D eigenvalue weighted by atomic mass is 32.2. The van der Waals surface area contributed by atoms with Crippen LogP contribution >= 0.6 is 0 Å². The largest absolute Gasteiger partial charge is 0.339 e. The number of nitrogens with zero attached hydrogens (tertiary/aromatic N) is 3. The third-order valence-electron chi connectivity index (χ3n) is 4.45. The lowest BCUT2D eigenvalue weighted by Gasteiger charge is -2.35. The van der Waals surface area contributed by atoms with E-state index in [0.29, 0.717) is 31.9 Å². The van der Waals surface area contributed by atoms with E-state index in [2.05, 4.69) is 0 Å². The van der Waals surface area contributed by atoms with Crippen LogP contribution in [0.5, 0.6) is 0 Å². The SMILES string of the molecule is CC(=O)N1CCN(C(=O)CN(c2c(C)cccc2C)S(C)(=O)=O)CC1. The van der Waals surface area contributed by atoms with Crippen molar-refractivity contribution in [2.45, 2.75) is 20.8 Å². The predicted octanol–water partition coefficient (Wildman–Crippen LogP) is 0.760. The second-order valence-electron chi connectivity index (χ2n) is 6.40. The van der Waals surface area contributed by atoms with Crippen LogP contribution in [0.3, 0.4) is 0 Å². The number of aryl methyl sites for hydroxylation is 2. The number of sulfonamides is 1. The molecule has 0 radical (unpaired) electrons. The Morgan fingerprint density at radius 2 is 1.52 bits per heavy atom. The van der Waals surface area contributed by atoms with Crippen molar-refractivity contribution < 1.29 is 18.0 Å². The Balaban J connectivity index is 2.19. The second kappa shape index (κ2) is 7.43. The van der Waals surface area contributed by atoms with Crippen molar-refractivity contribution in [2.24, 2.45) is 0 Å². The van der Waals surface area contributed by atoms with E-state index in [4.69, 9.17) is 0 Å². The number of carbonyl (C=O) groups excluding carboxylic acids is 2. The molecule has 0 spiro atoms. The van der Waals surface area contributed by atoms with Crippen molar-refractivity contribution in [2.75, 3.05) is 43.3 Å². The Hall–Kier alpha value is -2.09. The average Bonchev–Trinajstić information content (AvgIpc) is 2.52. The van der Waals surface area contributed by atoms with Gasteiger partial charge in [0.15, 0.2) is 0 Å². The molecule has 0 bridgehead atoms. The molecule has 1 aliphatic heterocycles. The van der Waals surface area contributed by atoms with Crippen molar-refractivity contribution in [1.29, 1.82) is 0 Å². The minimum Gasteiger partial charge on any atom is -0.339 e. The van der Waals surface area contributed by atoms with Gasteiger partial charge in [0.2, 0.25) is 21.8 Å². The molecule has 0 aromatic heterocycles. The molecule has 1 aromatic rings. The summed E-state index contributed by atoms with van der Waals surface area (Å²) in [5.41, 5.74) is 2.17. The number of benzene rings is 1. The number of hydrogen-bond donors (Lipinski definition) is 0. The van der Waals surface area contributed by atoms with Crippen LogP contribution in [0.1, 0.15) is 18.1 Å². The van der Waals surface area contributed by atoms with Gasteiger partial charge in [-0.2, -0.15) is 0 Å². The third kappa shape index (κ3) is 4.50. The lowest BCUT2D eigenvalue weighted by molar-refractivity contribution is -0.137. The van der Waals surface area contributed by atoms with Crippen molar-refractivity contribution in [3.05, 3.63) is 29.3 Å². The van der Waals surface area contributed by atoms with Crippen LogP contribution in [0.4, 0.5) is 5.69 Å². The Morgan fingerprint density at radius 3 is 1.96 bits per heavy atom. The molecular formula is C17H25N3O4S. The van der Waals surface area contributed by atoms with Crippen molar-refractivity contribution in [3.63, 3.8) is 0 Å². The fraction of sp³-hybridized carbons (Fsp3) is 0.529. The summed E-state index contributed by atoms with van der Waals surface area (Å²) in [7, 11) is -3.60. The molecular weight excluding hydrogens is 342 g/mol. The molecule has 1 aromatic carbocycles. The number of para-hydroxylation sites is 1. The standard InChI is InChI=1S/C17H25N3O4S/c1-13-6-5-7-14(2)17(13)20(25(4,23)24)12-16(22)19-10-8-18(9-11-19)15(3)21/h5-7H,8-12H2,1-4H3. The maximum absolute atomic E-state index is 12.6. The Labute approximate surface area is 149 Å². The first-order valence-electron chi connectivity index (χ1n) is 8.18. The van der Waals surface area contributed by atoms with Crippen LogP contribution in [0, 0.1) is 13.8 Å². The number of anilines is 1. The lowest BCUT2D eigenvalue weighted by atomic mass is 10.1. The molecule has 8 heteroatoms. The maximum Gasteiger partial charge on any atom is 0.243 e. The average molecular weight is 367 g/mol. The normalized spacial score (nSPS) is 15.2. The molecule has 1 fully saturated rings. The number of carbonyl (C=O) groups is 2. The van der Waals surface area contributed by atoms with E-state index < -0.39 is 10.0 Å². The van der Waals surface area contributed by atoms with E-state index in [9.17, 15) is 18.0 Å². The van der Waals surface area contributed by atoms with E-state index >= 15 is 0 Å². The Morgan fingerprint density at radius 1 is 1.04 bits per heavy atom. The first kappa shape index (κ1) is 19.2. The monoisotopic (exact) mass is 367 g/mol. The van der Waals surface area contributed by atoms with E-state index in [1.54, 1.807) is 9.80 Å². The van der Waals surface area contributed by atoms with Gasteiger partial charge in [-0.05, 0) is 25.0 Å². The molecule has 0 N–H and O–H groups in total. The van der Waals surface area contributed by atoms with Gasteiger partial charge in [0.1, 0.15) is 6.54 Å². The van der Waals surface area contributed by atoms with Gasteiger partial charge >= 0.3 is 0 Å². The molecule has 1 heterocycles. The summed E-state index contributed by atoms with van der Waals surface area (Å²) in [5.74, 6) is -0.267. The topological polar surface area (TPSA) is 78.0 Å². The summed E-state index contributed by atoms with van der Waals surface area (Å²) in [6.07, 6.45) is 1.11. The van der Waals surface area contributed by atoms with Gasteiger partial charge in [-0.1, -0.05) is 18.2 Å². The van der Waals surface area contributed by atoms with E-state index in [0.717, 1.165) is 17.4 Å². The van der Waals surface area contributed by atoms with Crippen LogP contribution in [0.15, 0.2) is 18.2 Å². The highest BCUT2D eigenvalue weighted by Crippen LogP contribution is 2.26. The van der Waals surface area contributed by atoms with E-state index in [1.807, 2.05) is 32.0 Å². The Kier molecular flexibility index (Phi) is 5.72. The quantitative estimate of drug-likeness (QED) is 0.787. The predicted molar refractivity (Wildman–Crippen MR) is 96.9 cm³/mol. The molecule has 0 aliphatic carbocycles. The molecule has 138 valence electrons. The molecule has 7 nitrogen and oxygen atoms in total. The molecule has 1 aliphatic rings. The zero-order valence-corrected chi connectivity index (χ0v) is 16.0. The van der Waals surface area contributed by atoms with Gasteiger partial charge in [-0.15, -0.1) is 0 Å². The zero-order valence-electron chi connectivity index (χ0n) is 15.2. The molecule has 2 rings (SSSR count). The number of rotatable bonds is 4. The smallest absolute Gasteiger partial charge is 0.243 e. The van der Waals surface area contributed by atoms with Crippen LogP contribution < -0.4 is 4.31 Å². The molecule has 0 atom stereocenters. The summed E-state index contributed by atoms with van der Waals surface area (Å²) in [4.78, 5) is 27.3. The number of amides is 2. The van der Waals surface area contributed by atoms with Gasteiger partial charge in [-0.3, -0.25) is 13.9 Å². The van der Waals surface area contributed by atoms with Crippen molar-refractivity contribution in [3.8, 4) is 0 Å². The van der Waals surface area contributed by atoms with Gasteiger partial charge in [0.25, 0.3) is 0 Å². The number of hydrogen-bond acceptors (Lipinski definition) is 4. The summed E-state index contributed by atoms with van der Waals surface area (Å²) < 4.78 is 25.8. The summed E-state index contributed by atoms with van der Waals surface area (Å²) >= 11 is 0. The molecule has 1 saturated heterocycles. The maximum atomic E-state index is 12.6. The van der Waals surface area contributed by atoms with Crippen LogP contribution in [0.25, 0.3) is 0 Å². The first-order chi connectivity index (χ1) is 11.6.